The summed E-state index contributed by atoms with van der Waals surface area (Å²) >= 11 is 0. The van der Waals surface area contributed by atoms with E-state index in [1.165, 1.54) is 43.4 Å². The summed E-state index contributed by atoms with van der Waals surface area (Å²) in [5.41, 5.74) is 3.76. The summed E-state index contributed by atoms with van der Waals surface area (Å²) in [5, 5.41) is 11.2. The smallest absolute Gasteiger partial charge is 0.159 e. The molecule has 4 aliphatic carbocycles. The summed E-state index contributed by atoms with van der Waals surface area (Å²) in [5.74, 6) is 3.85. The maximum absolute atomic E-state index is 11.2. The molecule has 0 unspecified atom stereocenters. The molecule has 0 bridgehead atoms. The van der Waals surface area contributed by atoms with Crippen LogP contribution in [0.3, 0.4) is 0 Å². The van der Waals surface area contributed by atoms with Crippen LogP contribution in [0.2, 0.25) is 0 Å². The fraction of sp³-hybridized carbons (Fsp3) is 0.643. The zero-order valence-corrected chi connectivity index (χ0v) is 19.3. The van der Waals surface area contributed by atoms with Gasteiger partial charge in [0.1, 0.15) is 0 Å². The zero-order chi connectivity index (χ0) is 21.4. The molecule has 0 saturated heterocycles. The Morgan fingerprint density at radius 3 is 2.52 bits per heavy atom. The number of hydrogen-bond donors (Lipinski definition) is 1. The van der Waals surface area contributed by atoms with E-state index in [9.17, 15) is 5.11 Å². The number of rotatable bonds is 1. The van der Waals surface area contributed by atoms with E-state index in [1.54, 1.807) is 0 Å². The van der Waals surface area contributed by atoms with E-state index >= 15 is 0 Å². The van der Waals surface area contributed by atoms with Crippen molar-refractivity contribution in [2.24, 2.45) is 34.5 Å². The van der Waals surface area contributed by atoms with Crippen LogP contribution in [0.5, 0.6) is 0 Å². The van der Waals surface area contributed by atoms with Gasteiger partial charge in [0.05, 0.1) is 5.60 Å². The molecule has 3 saturated carbocycles. The van der Waals surface area contributed by atoms with Crippen LogP contribution in [0, 0.1) is 34.5 Å². The first-order chi connectivity index (χ1) is 14.8. The van der Waals surface area contributed by atoms with Gasteiger partial charge in [-0.25, -0.2) is 9.97 Å². The van der Waals surface area contributed by atoms with Gasteiger partial charge in [-0.15, -0.1) is 0 Å². The van der Waals surface area contributed by atoms with Gasteiger partial charge in [0.15, 0.2) is 5.82 Å². The van der Waals surface area contributed by atoms with Crippen LogP contribution in [0.1, 0.15) is 70.6 Å². The number of aliphatic hydroxyl groups is 1. The number of nitrogens with zero attached hydrogens (tertiary/aromatic N) is 2. The highest BCUT2D eigenvalue weighted by atomic mass is 16.3. The van der Waals surface area contributed by atoms with Crippen molar-refractivity contribution in [1.29, 1.82) is 0 Å². The second kappa shape index (κ2) is 6.63. The summed E-state index contributed by atoms with van der Waals surface area (Å²) in [6.45, 7) is 7.09. The monoisotopic (exact) mass is 416 g/mol. The Balaban J connectivity index is 1.32. The minimum Gasteiger partial charge on any atom is -0.390 e. The second-order valence-corrected chi connectivity index (χ2v) is 11.8. The largest absolute Gasteiger partial charge is 0.390 e. The molecule has 7 atom stereocenters. The molecular formula is C28H36N2O. The van der Waals surface area contributed by atoms with Gasteiger partial charge in [-0.2, -0.15) is 0 Å². The van der Waals surface area contributed by atoms with E-state index < -0.39 is 5.60 Å². The third-order valence-electron chi connectivity index (χ3n) is 10.6. The van der Waals surface area contributed by atoms with Crippen LogP contribution in [-0.4, -0.2) is 20.7 Å². The normalized spacial score (nSPS) is 43.5. The number of aromatic nitrogens is 2. The predicted octanol–water partition coefficient (Wildman–Crippen LogP) is 5.85. The lowest BCUT2D eigenvalue weighted by atomic mass is 9.44. The molecule has 0 radical (unpaired) electrons. The van der Waals surface area contributed by atoms with Crippen LogP contribution in [0.15, 0.2) is 36.5 Å². The molecule has 3 heteroatoms. The third kappa shape index (κ3) is 2.74. The first-order valence-corrected chi connectivity index (χ1v) is 12.4. The van der Waals surface area contributed by atoms with Gasteiger partial charge < -0.3 is 5.11 Å². The van der Waals surface area contributed by atoms with Crippen molar-refractivity contribution < 1.29 is 5.11 Å². The first-order valence-electron chi connectivity index (χ1n) is 12.4. The molecule has 4 aliphatic rings. The topological polar surface area (TPSA) is 46.0 Å². The lowest BCUT2D eigenvalue weighted by Crippen LogP contribution is -2.56. The molecule has 1 heterocycles. The van der Waals surface area contributed by atoms with E-state index in [-0.39, 0.29) is 5.41 Å². The van der Waals surface area contributed by atoms with Crippen molar-refractivity contribution in [1.82, 2.24) is 9.97 Å². The standard InChI is InChI=1S/C28H36N2O/c1-26-16-19-17-29-25(18-7-5-4-6-8-18)30-24(19)15-20(26)9-10-21-22(26)11-13-27(2)23(21)12-14-28(27,3)31/h4-8,17,20-23,31H,9-16H2,1-3H3/t20-,21-,22-,23-,26-,27+,28+/m0/s1. The van der Waals surface area contributed by atoms with Crippen molar-refractivity contribution in [3.8, 4) is 11.4 Å². The van der Waals surface area contributed by atoms with E-state index in [2.05, 4.69) is 51.2 Å². The minimum absolute atomic E-state index is 0.109. The van der Waals surface area contributed by atoms with Crippen LogP contribution in [0.25, 0.3) is 11.4 Å². The highest BCUT2D eigenvalue weighted by Crippen LogP contribution is 2.67. The van der Waals surface area contributed by atoms with E-state index in [0.717, 1.165) is 48.4 Å². The molecular weight excluding hydrogens is 380 g/mol. The zero-order valence-electron chi connectivity index (χ0n) is 19.3. The van der Waals surface area contributed by atoms with Crippen LogP contribution in [-0.2, 0) is 12.8 Å². The molecule has 0 aliphatic heterocycles. The molecule has 3 nitrogen and oxygen atoms in total. The van der Waals surface area contributed by atoms with Gasteiger partial charge >= 0.3 is 0 Å². The maximum Gasteiger partial charge on any atom is 0.159 e. The fourth-order valence-electron chi connectivity index (χ4n) is 8.53. The fourth-order valence-corrected chi connectivity index (χ4v) is 8.53. The molecule has 31 heavy (non-hydrogen) atoms. The number of fused-ring (bicyclic) bond motifs is 6. The lowest BCUT2D eigenvalue weighted by molar-refractivity contribution is -0.139. The highest BCUT2D eigenvalue weighted by Gasteiger charge is 2.63. The van der Waals surface area contributed by atoms with Gasteiger partial charge in [-0.05, 0) is 98.4 Å². The van der Waals surface area contributed by atoms with Crippen molar-refractivity contribution in [3.05, 3.63) is 47.8 Å². The molecule has 1 N–H and O–H groups in total. The molecule has 0 amide bonds. The highest BCUT2D eigenvalue weighted by molar-refractivity contribution is 5.55. The molecule has 3 fully saturated rings. The van der Waals surface area contributed by atoms with Gasteiger partial charge in [0, 0.05) is 17.5 Å². The molecule has 2 aromatic rings. The molecule has 164 valence electrons. The van der Waals surface area contributed by atoms with Crippen LogP contribution < -0.4 is 0 Å². The summed E-state index contributed by atoms with van der Waals surface area (Å²) in [6, 6.07) is 10.4. The number of hydrogen-bond acceptors (Lipinski definition) is 3. The molecule has 0 spiro atoms. The number of benzene rings is 1. The Bertz CT molecular complexity index is 1000. The molecule has 6 rings (SSSR count). The van der Waals surface area contributed by atoms with Gasteiger partial charge in [0.2, 0.25) is 0 Å². The summed E-state index contributed by atoms with van der Waals surface area (Å²) in [6.07, 6.45) is 11.7. The Labute approximate surface area is 186 Å². The van der Waals surface area contributed by atoms with Gasteiger partial charge in [-0.1, -0.05) is 44.2 Å². The van der Waals surface area contributed by atoms with Gasteiger partial charge in [0.25, 0.3) is 0 Å². The second-order valence-electron chi connectivity index (χ2n) is 11.8. The van der Waals surface area contributed by atoms with E-state index in [4.69, 9.17) is 9.97 Å². The quantitative estimate of drug-likeness (QED) is 0.634. The average molecular weight is 417 g/mol. The maximum atomic E-state index is 11.2. The summed E-state index contributed by atoms with van der Waals surface area (Å²) < 4.78 is 0. The van der Waals surface area contributed by atoms with Crippen molar-refractivity contribution in [3.63, 3.8) is 0 Å². The van der Waals surface area contributed by atoms with E-state index in [1.807, 2.05) is 6.07 Å². The van der Waals surface area contributed by atoms with Crippen molar-refractivity contribution in [2.45, 2.75) is 77.7 Å². The minimum atomic E-state index is -0.485. The third-order valence-corrected chi connectivity index (χ3v) is 10.6. The molecule has 1 aromatic carbocycles. The molecule has 1 aromatic heterocycles. The average Bonchev–Trinajstić information content (AvgIpc) is 3.01. The Morgan fingerprint density at radius 1 is 0.935 bits per heavy atom. The van der Waals surface area contributed by atoms with Crippen molar-refractivity contribution >= 4 is 0 Å². The van der Waals surface area contributed by atoms with Crippen LogP contribution >= 0.6 is 0 Å². The Kier molecular flexibility index (Phi) is 4.26. The Hall–Kier alpha value is -1.74. The van der Waals surface area contributed by atoms with Crippen molar-refractivity contribution in [2.75, 3.05) is 0 Å². The summed E-state index contributed by atoms with van der Waals surface area (Å²) in [4.78, 5) is 9.82. The van der Waals surface area contributed by atoms with Crippen LogP contribution in [0.4, 0.5) is 0 Å². The van der Waals surface area contributed by atoms with E-state index in [0.29, 0.717) is 11.3 Å². The summed E-state index contributed by atoms with van der Waals surface area (Å²) in [7, 11) is 0. The first kappa shape index (κ1) is 19.9. The lowest BCUT2D eigenvalue weighted by Gasteiger charge is -2.61. The Morgan fingerprint density at radius 2 is 1.71 bits per heavy atom. The predicted molar refractivity (Wildman–Crippen MR) is 123 cm³/mol. The SMILES string of the molecule is C[C@]12Cc3cnc(-c4ccccc4)nc3C[C@@H]1CC[C@H]1[C@@H]2CC[C@]2(C)[C@H]1CC[C@@]2(C)O. The van der Waals surface area contributed by atoms with Gasteiger partial charge in [-0.3, -0.25) is 0 Å².